The lowest BCUT2D eigenvalue weighted by atomic mass is 9.83. The smallest absolute Gasteiger partial charge is 0.262 e. The van der Waals surface area contributed by atoms with Crippen LogP contribution in [-0.4, -0.2) is 48.7 Å². The quantitative estimate of drug-likeness (QED) is 0.132. The molecular formula is C57H62N8O3. The summed E-state index contributed by atoms with van der Waals surface area (Å²) in [6.45, 7) is 26.2. The molecule has 11 nitrogen and oxygen atoms in total. The number of fused-ring (bicyclic) bond motifs is 2. The number of benzene rings is 5. The van der Waals surface area contributed by atoms with E-state index in [4.69, 9.17) is 21.7 Å². The van der Waals surface area contributed by atoms with E-state index in [1.165, 1.54) is 11.1 Å². The van der Waals surface area contributed by atoms with Crippen molar-refractivity contribution in [3.05, 3.63) is 169 Å². The van der Waals surface area contributed by atoms with E-state index >= 15 is 0 Å². The van der Waals surface area contributed by atoms with E-state index in [0.29, 0.717) is 41.2 Å². The number of carbonyl (C=O) groups is 3. The van der Waals surface area contributed by atoms with Crippen LogP contribution in [0.4, 0.5) is 5.69 Å². The lowest BCUT2D eigenvalue weighted by Crippen LogP contribution is -2.33. The summed E-state index contributed by atoms with van der Waals surface area (Å²) in [7, 11) is 0. The Balaban J connectivity index is 1.05. The zero-order valence-corrected chi connectivity index (χ0v) is 41.3. The van der Waals surface area contributed by atoms with Crippen LogP contribution in [-0.2, 0) is 31.5 Å². The van der Waals surface area contributed by atoms with Gasteiger partial charge in [-0.15, -0.1) is 0 Å². The lowest BCUT2D eigenvalue weighted by Gasteiger charge is -2.31. The second kappa shape index (κ2) is 16.9. The Morgan fingerprint density at radius 1 is 0.632 bits per heavy atom. The molecule has 0 fully saturated rings. The summed E-state index contributed by atoms with van der Waals surface area (Å²) in [5.74, 6) is -1.05. The number of primary amides is 2. The number of hydrogen-bond donors (Lipinski definition) is 2. The first-order valence-electron chi connectivity index (χ1n) is 23.5. The molecular weight excluding hydrogens is 845 g/mol. The number of nitrogens with two attached hydrogens (primary N) is 2. The summed E-state index contributed by atoms with van der Waals surface area (Å²) in [5, 5.41) is 10.6. The second-order valence-corrected chi connectivity index (χ2v) is 21.0. The van der Waals surface area contributed by atoms with Crippen LogP contribution >= 0.6 is 0 Å². The van der Waals surface area contributed by atoms with Gasteiger partial charge in [0.15, 0.2) is 0 Å². The van der Waals surface area contributed by atoms with Crippen molar-refractivity contribution < 1.29 is 14.4 Å². The van der Waals surface area contributed by atoms with Crippen LogP contribution in [0.15, 0.2) is 91.0 Å². The fraction of sp³-hybridized carbons (Fsp3) is 0.316. The molecule has 0 bridgehead atoms. The van der Waals surface area contributed by atoms with Crippen LogP contribution in [0.5, 0.6) is 0 Å². The maximum Gasteiger partial charge on any atom is 0.262 e. The van der Waals surface area contributed by atoms with E-state index in [1.807, 2.05) is 47.7 Å². The summed E-state index contributed by atoms with van der Waals surface area (Å²) in [6.07, 6.45) is 0.795. The number of amides is 3. The molecule has 0 atom stereocenters. The van der Waals surface area contributed by atoms with Crippen LogP contribution in [0.3, 0.4) is 0 Å². The van der Waals surface area contributed by atoms with Crippen LogP contribution in [0.1, 0.15) is 127 Å². The molecule has 2 aliphatic rings. The SMILES string of the molecule is Cc1cc(-c2c3c(nn2-c2c(C)ccc(CC(C)(C)CN4Cc5nn(-c6c(C)cccc6C)c(-c6ccc(C(N)=O)cc6)c5C4)c2C)CN(c2cc(C(C)(C)C)ccc2C)C3=O)ccc1C(N)=O. The molecule has 68 heavy (non-hydrogen) atoms. The zero-order chi connectivity index (χ0) is 48.7. The average Bonchev–Trinajstić information content (AvgIpc) is 4.00. The van der Waals surface area contributed by atoms with Crippen LogP contribution in [0.2, 0.25) is 0 Å². The van der Waals surface area contributed by atoms with Crippen molar-refractivity contribution in [2.45, 2.75) is 108 Å². The molecule has 0 aliphatic carbocycles. The Morgan fingerprint density at radius 2 is 1.26 bits per heavy atom. The van der Waals surface area contributed by atoms with Crippen LogP contribution in [0, 0.1) is 47.0 Å². The minimum absolute atomic E-state index is 0.0941. The van der Waals surface area contributed by atoms with Gasteiger partial charge in [0.2, 0.25) is 11.8 Å². The summed E-state index contributed by atoms with van der Waals surface area (Å²) < 4.78 is 4.07. The van der Waals surface area contributed by atoms with E-state index in [-0.39, 0.29) is 16.7 Å². The molecule has 4 N–H and O–H groups in total. The van der Waals surface area contributed by atoms with Crippen molar-refractivity contribution in [3.8, 4) is 33.9 Å². The highest BCUT2D eigenvalue weighted by Gasteiger charge is 2.39. The van der Waals surface area contributed by atoms with Gasteiger partial charge in [-0.05, 0) is 134 Å². The van der Waals surface area contributed by atoms with Gasteiger partial charge in [-0.2, -0.15) is 10.2 Å². The molecule has 0 saturated heterocycles. The normalized spacial score (nSPS) is 13.9. The van der Waals surface area contributed by atoms with Gasteiger partial charge in [0.25, 0.3) is 5.91 Å². The Kier molecular flexibility index (Phi) is 11.4. The van der Waals surface area contributed by atoms with Gasteiger partial charge < -0.3 is 16.4 Å². The molecule has 0 saturated carbocycles. The third kappa shape index (κ3) is 8.12. The molecule has 9 rings (SSSR count). The van der Waals surface area contributed by atoms with Crippen molar-refractivity contribution in [2.75, 3.05) is 11.4 Å². The summed E-state index contributed by atoms with van der Waals surface area (Å²) in [6, 6.07) is 30.2. The Bertz CT molecular complexity index is 3200. The maximum atomic E-state index is 14.9. The van der Waals surface area contributed by atoms with E-state index in [1.54, 1.807) is 18.2 Å². The first kappa shape index (κ1) is 46.0. The highest BCUT2D eigenvalue weighted by atomic mass is 16.2. The van der Waals surface area contributed by atoms with Gasteiger partial charge in [0.1, 0.15) is 0 Å². The van der Waals surface area contributed by atoms with Gasteiger partial charge in [-0.1, -0.05) is 95.3 Å². The van der Waals surface area contributed by atoms with Crippen molar-refractivity contribution in [3.63, 3.8) is 0 Å². The molecule has 11 heteroatoms. The van der Waals surface area contributed by atoms with Gasteiger partial charge in [0.05, 0.1) is 46.3 Å². The van der Waals surface area contributed by atoms with Crippen molar-refractivity contribution in [1.82, 2.24) is 24.5 Å². The highest BCUT2D eigenvalue weighted by molar-refractivity contribution is 6.14. The van der Waals surface area contributed by atoms with Gasteiger partial charge in [-0.25, -0.2) is 9.36 Å². The minimum atomic E-state index is -0.496. The molecule has 0 spiro atoms. The standard InChI is InChI=1S/C57H62N8O3/c1-32-16-23-42(56(7,8)9)26-47(32)63-30-46-48(55(63)68)52(40-22-24-43(54(59)67)36(5)25-40)65(61-46)50-35(4)15-17-41(37(50)6)27-57(10,11)31-62-28-44-45(29-62)60-64(49-33(2)13-12-14-34(49)3)51(44)38-18-20-39(21-19-38)53(58)66/h12-26H,27-31H2,1-11H3,(H2,58,66)(H2,59,67). The fourth-order valence-corrected chi connectivity index (χ4v) is 10.6. The number of nitrogens with zero attached hydrogens (tertiary/aromatic N) is 6. The van der Waals surface area contributed by atoms with E-state index in [2.05, 4.69) is 120 Å². The van der Waals surface area contributed by atoms with Crippen LogP contribution in [0.25, 0.3) is 33.9 Å². The molecule has 5 aromatic carbocycles. The topological polar surface area (TPSA) is 145 Å². The minimum Gasteiger partial charge on any atom is -0.366 e. The number of rotatable bonds is 11. The highest BCUT2D eigenvalue weighted by Crippen LogP contribution is 2.42. The van der Waals surface area contributed by atoms with Crippen molar-refractivity contribution >= 4 is 23.4 Å². The van der Waals surface area contributed by atoms with Crippen molar-refractivity contribution in [2.24, 2.45) is 16.9 Å². The van der Waals surface area contributed by atoms with Gasteiger partial charge in [0, 0.05) is 53.1 Å². The van der Waals surface area contributed by atoms with E-state index < -0.39 is 11.8 Å². The Morgan fingerprint density at radius 3 is 1.91 bits per heavy atom. The average molecular weight is 907 g/mol. The Hall–Kier alpha value is -7.11. The zero-order valence-electron chi connectivity index (χ0n) is 41.3. The van der Waals surface area contributed by atoms with E-state index in [9.17, 15) is 14.4 Å². The monoisotopic (exact) mass is 906 g/mol. The van der Waals surface area contributed by atoms with Crippen LogP contribution < -0.4 is 16.4 Å². The molecule has 4 heterocycles. The summed E-state index contributed by atoms with van der Waals surface area (Å²) >= 11 is 0. The number of anilines is 1. The first-order chi connectivity index (χ1) is 32.1. The molecule has 348 valence electrons. The number of hydrogen-bond acceptors (Lipinski definition) is 6. The lowest BCUT2D eigenvalue weighted by molar-refractivity contribution is 0.0989. The Labute approximate surface area is 399 Å². The number of aryl methyl sites for hydroxylation is 5. The predicted octanol–water partition coefficient (Wildman–Crippen LogP) is 10.5. The number of aromatic nitrogens is 4. The molecule has 0 radical (unpaired) electrons. The molecule has 3 amide bonds. The molecule has 2 aliphatic heterocycles. The largest absolute Gasteiger partial charge is 0.366 e. The molecule has 2 aromatic heterocycles. The maximum absolute atomic E-state index is 14.9. The predicted molar refractivity (Wildman–Crippen MR) is 271 cm³/mol. The number of para-hydroxylation sites is 1. The summed E-state index contributed by atoms with van der Waals surface area (Å²) in [5.41, 5.74) is 30.5. The second-order valence-electron chi connectivity index (χ2n) is 21.0. The third-order valence-electron chi connectivity index (χ3n) is 14.0. The fourth-order valence-electron chi connectivity index (χ4n) is 10.6. The number of carbonyl (C=O) groups excluding carboxylic acids is 3. The van der Waals surface area contributed by atoms with Crippen molar-refractivity contribution in [1.29, 1.82) is 0 Å². The summed E-state index contributed by atoms with van der Waals surface area (Å²) in [4.78, 5) is 43.6. The van der Waals surface area contributed by atoms with Gasteiger partial charge >= 0.3 is 0 Å². The molecule has 0 unspecified atom stereocenters. The van der Waals surface area contributed by atoms with Gasteiger partial charge in [-0.3, -0.25) is 19.3 Å². The third-order valence-corrected chi connectivity index (χ3v) is 14.0. The first-order valence-corrected chi connectivity index (χ1v) is 23.5. The molecule has 7 aromatic rings. The van der Waals surface area contributed by atoms with E-state index in [0.717, 1.165) is 98.0 Å².